The number of nitrogens with two attached hydrogens (primary N) is 1. The number of rotatable bonds is 4. The van der Waals surface area contributed by atoms with Crippen LogP contribution in [0.15, 0.2) is 41.3 Å². The number of amides is 1. The van der Waals surface area contributed by atoms with Crippen LogP contribution in [0, 0.1) is 5.92 Å². The van der Waals surface area contributed by atoms with Gasteiger partial charge < -0.3 is 10.6 Å². The Labute approximate surface area is 188 Å². The van der Waals surface area contributed by atoms with Crippen molar-refractivity contribution in [3.63, 3.8) is 0 Å². The zero-order chi connectivity index (χ0) is 20.6. The Morgan fingerprint density at radius 2 is 1.67 bits per heavy atom. The molecule has 0 radical (unpaired) electrons. The van der Waals surface area contributed by atoms with E-state index in [2.05, 4.69) is 0 Å². The van der Waals surface area contributed by atoms with Crippen molar-refractivity contribution in [3.8, 4) is 0 Å². The van der Waals surface area contributed by atoms with E-state index in [1.165, 1.54) is 4.31 Å². The van der Waals surface area contributed by atoms with Crippen LogP contribution in [0.3, 0.4) is 0 Å². The molecule has 0 spiro atoms. The smallest absolute Gasteiger partial charge is 0.243 e. The normalized spacial score (nSPS) is 23.4. The number of hydrogen-bond donors (Lipinski definition) is 1. The summed E-state index contributed by atoms with van der Waals surface area (Å²) in [6, 6.07) is 10.6. The van der Waals surface area contributed by atoms with Crippen molar-refractivity contribution in [1.82, 2.24) is 9.21 Å². The highest BCUT2D eigenvalue weighted by molar-refractivity contribution is 7.89. The summed E-state index contributed by atoms with van der Waals surface area (Å²) in [6.07, 6.45) is 4.07. The molecule has 9 heteroatoms. The fraction of sp³-hybridized carbons (Fsp3) is 0.476. The molecule has 2 N–H and O–H groups in total. The van der Waals surface area contributed by atoms with Crippen molar-refractivity contribution in [1.29, 1.82) is 0 Å². The molecule has 2 aromatic rings. The second kappa shape index (κ2) is 9.40. The van der Waals surface area contributed by atoms with Gasteiger partial charge in [0.2, 0.25) is 15.9 Å². The Kier molecular flexibility index (Phi) is 7.30. The first-order valence-corrected chi connectivity index (χ1v) is 11.9. The second-order valence-electron chi connectivity index (χ2n) is 8.11. The van der Waals surface area contributed by atoms with Crippen LogP contribution in [-0.2, 0) is 14.8 Å². The van der Waals surface area contributed by atoms with E-state index in [1.54, 1.807) is 36.4 Å². The van der Waals surface area contributed by atoms with Crippen LogP contribution < -0.4 is 5.73 Å². The first-order chi connectivity index (χ1) is 13.8. The number of carbonyl (C=O) groups is 1. The fourth-order valence-electron chi connectivity index (χ4n) is 4.27. The number of nitrogens with zero attached hydrogens (tertiary/aromatic N) is 2. The van der Waals surface area contributed by atoms with E-state index in [4.69, 9.17) is 17.3 Å². The van der Waals surface area contributed by atoms with Gasteiger partial charge in [0.25, 0.3) is 0 Å². The maximum absolute atomic E-state index is 13.1. The zero-order valence-electron chi connectivity index (χ0n) is 16.7. The molecule has 1 aliphatic carbocycles. The lowest BCUT2D eigenvalue weighted by molar-refractivity contribution is -0.134. The average Bonchev–Trinajstić information content (AvgIpc) is 2.70. The van der Waals surface area contributed by atoms with Gasteiger partial charge in [-0.1, -0.05) is 23.7 Å². The van der Waals surface area contributed by atoms with Gasteiger partial charge in [-0.2, -0.15) is 4.31 Å². The molecule has 0 bridgehead atoms. The van der Waals surface area contributed by atoms with Crippen molar-refractivity contribution in [2.75, 3.05) is 26.2 Å². The third kappa shape index (κ3) is 4.92. The minimum atomic E-state index is -3.72. The van der Waals surface area contributed by atoms with E-state index >= 15 is 0 Å². The third-order valence-corrected chi connectivity index (χ3v) is 8.14. The summed E-state index contributed by atoms with van der Waals surface area (Å²) in [4.78, 5) is 14.7. The number of carbonyl (C=O) groups excluding carboxylic acids is 1. The minimum absolute atomic E-state index is 0. The van der Waals surface area contributed by atoms with E-state index < -0.39 is 10.0 Å². The van der Waals surface area contributed by atoms with Gasteiger partial charge >= 0.3 is 0 Å². The van der Waals surface area contributed by atoms with Crippen LogP contribution in [0.5, 0.6) is 0 Å². The van der Waals surface area contributed by atoms with Crippen molar-refractivity contribution >= 4 is 50.7 Å². The van der Waals surface area contributed by atoms with E-state index in [-0.39, 0.29) is 35.8 Å². The summed E-state index contributed by atoms with van der Waals surface area (Å²) in [7, 11) is -3.72. The molecular formula is C21H27Cl2N3O3S. The van der Waals surface area contributed by atoms with Gasteiger partial charge in [-0.3, -0.25) is 4.79 Å². The fourth-order valence-corrected chi connectivity index (χ4v) is 5.87. The summed E-state index contributed by atoms with van der Waals surface area (Å²) in [5, 5.41) is 2.29. The van der Waals surface area contributed by atoms with Gasteiger partial charge in [0.1, 0.15) is 0 Å². The molecule has 0 aromatic heterocycles. The number of halogens is 2. The predicted octanol–water partition coefficient (Wildman–Crippen LogP) is 3.27. The van der Waals surface area contributed by atoms with Crippen LogP contribution in [0.2, 0.25) is 5.02 Å². The molecule has 1 amide bonds. The van der Waals surface area contributed by atoms with Crippen molar-refractivity contribution < 1.29 is 13.2 Å². The van der Waals surface area contributed by atoms with Gasteiger partial charge in [0.15, 0.2) is 0 Å². The van der Waals surface area contributed by atoms with Crippen molar-refractivity contribution in [3.05, 3.63) is 41.4 Å². The summed E-state index contributed by atoms with van der Waals surface area (Å²) >= 11 is 6.00. The summed E-state index contributed by atoms with van der Waals surface area (Å²) in [5.74, 6) is 0.344. The Morgan fingerprint density at radius 1 is 1.00 bits per heavy atom. The van der Waals surface area contributed by atoms with Crippen LogP contribution in [-0.4, -0.2) is 55.8 Å². The van der Waals surface area contributed by atoms with Gasteiger partial charge in [-0.05, 0) is 66.6 Å². The maximum Gasteiger partial charge on any atom is 0.243 e. The second-order valence-corrected chi connectivity index (χ2v) is 10.5. The molecule has 1 heterocycles. The Balaban J connectivity index is 0.00000256. The predicted molar refractivity (Wildman–Crippen MR) is 121 cm³/mol. The lowest BCUT2D eigenvalue weighted by atomic mass is 9.86. The molecule has 0 atom stereocenters. The molecule has 1 aliphatic heterocycles. The highest BCUT2D eigenvalue weighted by Crippen LogP contribution is 2.27. The van der Waals surface area contributed by atoms with Crippen LogP contribution >= 0.6 is 24.0 Å². The lowest BCUT2D eigenvalue weighted by Gasteiger charge is -2.37. The Morgan fingerprint density at radius 3 is 2.37 bits per heavy atom. The molecule has 1 saturated heterocycles. The number of hydrogen-bond acceptors (Lipinski definition) is 4. The molecule has 4 rings (SSSR count). The number of fused-ring (bicyclic) bond motifs is 1. The third-order valence-electron chi connectivity index (χ3n) is 6.07. The Bertz CT molecular complexity index is 1020. The van der Waals surface area contributed by atoms with Crippen LogP contribution in [0.4, 0.5) is 0 Å². The minimum Gasteiger partial charge on any atom is -0.340 e. The quantitative estimate of drug-likeness (QED) is 0.741. The van der Waals surface area contributed by atoms with Gasteiger partial charge in [0.05, 0.1) is 11.4 Å². The number of piperazine rings is 1. The maximum atomic E-state index is 13.1. The molecule has 2 fully saturated rings. The van der Waals surface area contributed by atoms with Crippen LogP contribution in [0.25, 0.3) is 10.8 Å². The first-order valence-electron chi connectivity index (χ1n) is 10.1. The summed E-state index contributed by atoms with van der Waals surface area (Å²) in [5.41, 5.74) is 5.96. The lowest BCUT2D eigenvalue weighted by Crippen LogP contribution is -2.53. The molecule has 0 unspecified atom stereocenters. The SMILES string of the molecule is Cl.N[C@H]1CC[C@H](CN2CCN(S(=O)(=O)c3ccc4cc(Cl)ccc4c3)CC2=O)CC1. The molecule has 1 saturated carbocycles. The molecule has 30 heavy (non-hydrogen) atoms. The standard InChI is InChI=1S/C21H26ClN3O3S.ClH/c22-18-5-3-17-12-20(8-4-16(17)11-18)29(27,28)25-10-9-24(21(26)14-25)13-15-1-6-19(23)7-2-15;/h3-5,8,11-12,15,19H,1-2,6-7,9-10,13-14,23H2;1H/t15-,19-;. The number of sulfonamides is 1. The number of benzene rings is 2. The van der Waals surface area contributed by atoms with Crippen molar-refractivity contribution in [2.45, 2.75) is 36.6 Å². The monoisotopic (exact) mass is 471 g/mol. The molecule has 6 nitrogen and oxygen atoms in total. The average molecular weight is 472 g/mol. The highest BCUT2D eigenvalue weighted by Gasteiger charge is 2.34. The van der Waals surface area contributed by atoms with Gasteiger partial charge in [-0.25, -0.2) is 8.42 Å². The van der Waals surface area contributed by atoms with Crippen LogP contribution in [0.1, 0.15) is 25.7 Å². The molecular weight excluding hydrogens is 445 g/mol. The summed E-state index contributed by atoms with van der Waals surface area (Å²) in [6.45, 7) is 1.35. The van der Waals surface area contributed by atoms with E-state index in [0.717, 1.165) is 36.5 Å². The summed E-state index contributed by atoms with van der Waals surface area (Å²) < 4.78 is 27.5. The molecule has 2 aromatic carbocycles. The topological polar surface area (TPSA) is 83.7 Å². The first kappa shape index (κ1) is 23.3. The van der Waals surface area contributed by atoms with E-state index in [0.29, 0.717) is 30.6 Å². The highest BCUT2D eigenvalue weighted by atomic mass is 35.5. The van der Waals surface area contributed by atoms with E-state index in [9.17, 15) is 13.2 Å². The largest absolute Gasteiger partial charge is 0.340 e. The molecule has 2 aliphatic rings. The Hall–Kier alpha value is -1.38. The van der Waals surface area contributed by atoms with E-state index in [1.807, 2.05) is 4.90 Å². The zero-order valence-corrected chi connectivity index (χ0v) is 19.1. The molecule has 164 valence electrons. The van der Waals surface area contributed by atoms with Crippen molar-refractivity contribution in [2.24, 2.45) is 11.7 Å². The van der Waals surface area contributed by atoms with Gasteiger partial charge in [-0.15, -0.1) is 12.4 Å². The van der Waals surface area contributed by atoms with Gasteiger partial charge in [0, 0.05) is 30.7 Å².